The van der Waals surface area contributed by atoms with Gasteiger partial charge in [-0.3, -0.25) is 0 Å². The van der Waals surface area contributed by atoms with Crippen LogP contribution in [0.15, 0.2) is 36.4 Å². The van der Waals surface area contributed by atoms with Crippen LogP contribution in [0.3, 0.4) is 0 Å². The average Bonchev–Trinajstić information content (AvgIpc) is 3.10. The minimum absolute atomic E-state index is 0.311. The second-order valence-electron chi connectivity index (χ2n) is 6.96. The number of hydrogen-bond acceptors (Lipinski definition) is 5. The van der Waals surface area contributed by atoms with E-state index in [-0.39, 0.29) is 18.2 Å². The van der Waals surface area contributed by atoms with Gasteiger partial charge in [-0.05, 0) is 24.5 Å². The molecule has 1 spiro atoms. The molecule has 24 heavy (non-hydrogen) atoms. The molecule has 4 atom stereocenters. The summed E-state index contributed by atoms with van der Waals surface area (Å²) in [5.41, 5.74) is 1.39. The number of hydrogen-bond donors (Lipinski definition) is 0. The average molecular weight is 328 g/mol. The molecule has 0 aromatic heterocycles. The van der Waals surface area contributed by atoms with Gasteiger partial charge in [0.15, 0.2) is 24.3 Å². The fraction of sp³-hybridized carbons (Fsp3) is 0.526. The third-order valence-electron chi connectivity index (χ3n) is 5.38. The van der Waals surface area contributed by atoms with Gasteiger partial charge in [-0.2, -0.15) is 0 Å². The lowest BCUT2D eigenvalue weighted by molar-refractivity contribution is -0.243. The van der Waals surface area contributed by atoms with E-state index < -0.39 is 18.2 Å². The molecule has 3 fully saturated rings. The van der Waals surface area contributed by atoms with Gasteiger partial charge in [0.2, 0.25) is 0 Å². The van der Waals surface area contributed by atoms with Crippen LogP contribution >= 0.6 is 0 Å². The van der Waals surface area contributed by atoms with Crippen molar-refractivity contribution in [3.63, 3.8) is 0 Å². The van der Waals surface area contributed by atoms with E-state index in [1.165, 1.54) is 6.42 Å². The van der Waals surface area contributed by atoms with Gasteiger partial charge in [-0.15, -0.1) is 0 Å². The number of fused-ring (bicyclic) bond motifs is 3. The largest absolute Gasteiger partial charge is 0.453 e. The summed E-state index contributed by atoms with van der Waals surface area (Å²) in [5.74, 6) is -0.853. The number of carbonyl (C=O) groups excluding carboxylic acids is 1. The van der Waals surface area contributed by atoms with Gasteiger partial charge in [-0.25, -0.2) is 4.79 Å². The number of rotatable bonds is 1. The quantitative estimate of drug-likeness (QED) is 0.742. The molecular formula is C19H20O5. The first-order valence-electron chi connectivity index (χ1n) is 8.73. The summed E-state index contributed by atoms with van der Waals surface area (Å²) in [4.78, 5) is 12.5. The van der Waals surface area contributed by atoms with Crippen molar-refractivity contribution in [2.24, 2.45) is 0 Å². The summed E-state index contributed by atoms with van der Waals surface area (Å²) < 4.78 is 24.0. The number of carbonyl (C=O) groups is 1. The van der Waals surface area contributed by atoms with Crippen molar-refractivity contribution in [2.45, 2.75) is 62.5 Å². The fourth-order valence-corrected chi connectivity index (χ4v) is 4.20. The van der Waals surface area contributed by atoms with Crippen molar-refractivity contribution >= 4 is 11.5 Å². The first-order valence-corrected chi connectivity index (χ1v) is 8.73. The van der Waals surface area contributed by atoms with Gasteiger partial charge in [-0.1, -0.05) is 36.8 Å². The zero-order valence-corrected chi connectivity index (χ0v) is 13.4. The molecule has 5 heteroatoms. The Hall–Kier alpha value is -1.69. The molecule has 3 aliphatic heterocycles. The third-order valence-corrected chi connectivity index (χ3v) is 5.38. The number of benzene rings is 1. The highest BCUT2D eigenvalue weighted by molar-refractivity contribution is 6.17. The Morgan fingerprint density at radius 3 is 2.54 bits per heavy atom. The minimum atomic E-state index is -0.533. The van der Waals surface area contributed by atoms with Crippen molar-refractivity contribution < 1.29 is 23.7 Å². The molecule has 1 aromatic rings. The molecule has 1 saturated carbocycles. The van der Waals surface area contributed by atoms with Crippen LogP contribution in [-0.2, 0) is 23.7 Å². The topological polar surface area (TPSA) is 54.0 Å². The van der Waals surface area contributed by atoms with Crippen LogP contribution in [0.1, 0.15) is 37.7 Å². The fourth-order valence-electron chi connectivity index (χ4n) is 4.20. The molecule has 5 nitrogen and oxygen atoms in total. The third kappa shape index (κ3) is 2.23. The predicted octanol–water partition coefficient (Wildman–Crippen LogP) is 2.80. The highest BCUT2D eigenvalue weighted by Gasteiger charge is 2.59. The lowest BCUT2D eigenvalue weighted by Crippen LogP contribution is -2.42. The summed E-state index contributed by atoms with van der Waals surface area (Å²) >= 11 is 0. The summed E-state index contributed by atoms with van der Waals surface area (Å²) in [6.45, 7) is 0. The molecule has 0 N–H and O–H groups in total. The summed E-state index contributed by atoms with van der Waals surface area (Å²) in [5, 5.41) is 0. The van der Waals surface area contributed by atoms with E-state index in [2.05, 4.69) is 0 Å². The Morgan fingerprint density at radius 2 is 1.75 bits per heavy atom. The molecule has 0 bridgehead atoms. The van der Waals surface area contributed by atoms with Crippen molar-refractivity contribution in [1.82, 2.24) is 0 Å². The number of esters is 1. The van der Waals surface area contributed by atoms with Crippen LogP contribution in [0.5, 0.6) is 0 Å². The van der Waals surface area contributed by atoms with Crippen molar-refractivity contribution in [1.29, 1.82) is 0 Å². The maximum Gasteiger partial charge on any atom is 0.338 e. The van der Waals surface area contributed by atoms with E-state index in [0.717, 1.165) is 31.2 Å². The van der Waals surface area contributed by atoms with Gasteiger partial charge in [0.1, 0.15) is 6.10 Å². The Labute approximate surface area is 140 Å². The standard InChI is InChI=1S/C19H20O5/c20-17-13(12-7-3-1-4-8-12)11-14-15(22-17)16-18(21-14)24-19(23-16)9-5-2-6-10-19/h1,3-4,7-8,11,14-16,18H,2,5-6,9-10H2/t14-,15+,16-,18-/m1/s1. The highest BCUT2D eigenvalue weighted by atomic mass is 16.8. The predicted molar refractivity (Wildman–Crippen MR) is 84.7 cm³/mol. The molecule has 2 saturated heterocycles. The van der Waals surface area contributed by atoms with Gasteiger partial charge < -0.3 is 18.9 Å². The Kier molecular flexibility index (Phi) is 3.30. The van der Waals surface area contributed by atoms with Crippen LogP contribution in [0.25, 0.3) is 5.57 Å². The van der Waals surface area contributed by atoms with Gasteiger partial charge in [0.25, 0.3) is 0 Å². The van der Waals surface area contributed by atoms with E-state index in [4.69, 9.17) is 18.9 Å². The van der Waals surface area contributed by atoms with Gasteiger partial charge in [0, 0.05) is 12.8 Å². The Balaban J connectivity index is 1.39. The normalized spacial score (nSPS) is 36.8. The molecule has 1 aliphatic carbocycles. The zero-order chi connectivity index (χ0) is 16.1. The maximum atomic E-state index is 12.5. The SMILES string of the molecule is O=C1O[C@@H]2[C@H]3OC4(CCCCC4)O[C@H]3O[C@@H]2C=C1c1ccccc1. The molecule has 4 aliphatic rings. The smallest absolute Gasteiger partial charge is 0.338 e. The van der Waals surface area contributed by atoms with E-state index in [0.29, 0.717) is 5.57 Å². The Morgan fingerprint density at radius 1 is 0.958 bits per heavy atom. The lowest BCUT2D eigenvalue weighted by Gasteiger charge is -2.34. The van der Waals surface area contributed by atoms with E-state index in [9.17, 15) is 4.79 Å². The maximum absolute atomic E-state index is 12.5. The molecule has 3 heterocycles. The molecule has 0 amide bonds. The molecule has 126 valence electrons. The van der Waals surface area contributed by atoms with Gasteiger partial charge in [0.05, 0.1) is 5.57 Å². The van der Waals surface area contributed by atoms with Crippen LogP contribution < -0.4 is 0 Å². The number of ether oxygens (including phenoxy) is 4. The van der Waals surface area contributed by atoms with Crippen molar-refractivity contribution in [3.8, 4) is 0 Å². The van der Waals surface area contributed by atoms with E-state index >= 15 is 0 Å². The highest BCUT2D eigenvalue weighted by Crippen LogP contribution is 2.47. The molecule has 5 rings (SSSR count). The van der Waals surface area contributed by atoms with Crippen LogP contribution in [0.2, 0.25) is 0 Å². The van der Waals surface area contributed by atoms with E-state index in [1.54, 1.807) is 0 Å². The van der Waals surface area contributed by atoms with Crippen LogP contribution in [0.4, 0.5) is 0 Å². The van der Waals surface area contributed by atoms with E-state index in [1.807, 2.05) is 36.4 Å². The minimum Gasteiger partial charge on any atom is -0.453 e. The zero-order valence-electron chi connectivity index (χ0n) is 13.4. The summed E-state index contributed by atoms with van der Waals surface area (Å²) in [6.07, 6.45) is 5.54. The van der Waals surface area contributed by atoms with Crippen LogP contribution in [0, 0.1) is 0 Å². The first kappa shape index (κ1) is 14.6. The molecule has 0 radical (unpaired) electrons. The Bertz CT molecular complexity index is 676. The molecule has 0 unspecified atom stereocenters. The first-order chi connectivity index (χ1) is 11.7. The summed E-state index contributed by atoms with van der Waals surface area (Å²) in [6, 6.07) is 9.51. The summed E-state index contributed by atoms with van der Waals surface area (Å²) in [7, 11) is 0. The van der Waals surface area contributed by atoms with Crippen LogP contribution in [-0.4, -0.2) is 36.4 Å². The van der Waals surface area contributed by atoms with Gasteiger partial charge >= 0.3 is 5.97 Å². The van der Waals surface area contributed by atoms with Crippen molar-refractivity contribution in [2.75, 3.05) is 0 Å². The second-order valence-corrected chi connectivity index (χ2v) is 6.96. The second kappa shape index (κ2) is 5.41. The lowest BCUT2D eigenvalue weighted by atomic mass is 9.94. The monoisotopic (exact) mass is 328 g/mol. The van der Waals surface area contributed by atoms with Crippen molar-refractivity contribution in [3.05, 3.63) is 42.0 Å². The molecule has 1 aromatic carbocycles. The molecular weight excluding hydrogens is 308 g/mol.